The van der Waals surface area contributed by atoms with Gasteiger partial charge in [-0.3, -0.25) is 4.79 Å². The average Bonchev–Trinajstić information content (AvgIpc) is 3.31. The minimum absolute atomic E-state index is 0.165. The lowest BCUT2D eigenvalue weighted by molar-refractivity contribution is 0.0943. The predicted molar refractivity (Wildman–Crippen MR) is 124 cm³/mol. The van der Waals surface area contributed by atoms with Crippen LogP contribution in [0.1, 0.15) is 50.8 Å². The standard InChI is InChI=1S/C24H26N2O3S2/c1-26(2)31(28,29)21-13-11-18(12-14-21)24(27)25-23(22-8-5-15-30-22)20-10-9-17-6-3-4-7-19(17)16-20/h5,8-16,23H,3-4,6-7H2,1-2H3,(H,25,27). The highest BCUT2D eigenvalue weighted by Crippen LogP contribution is 2.30. The summed E-state index contributed by atoms with van der Waals surface area (Å²) in [6, 6.07) is 16.4. The molecule has 0 fully saturated rings. The van der Waals surface area contributed by atoms with E-state index in [0.717, 1.165) is 27.6 Å². The predicted octanol–water partition coefficient (Wildman–Crippen LogP) is 4.40. The van der Waals surface area contributed by atoms with Crippen LogP contribution >= 0.6 is 11.3 Å². The van der Waals surface area contributed by atoms with E-state index in [1.54, 1.807) is 23.5 Å². The first-order valence-corrected chi connectivity index (χ1v) is 12.7. The van der Waals surface area contributed by atoms with Crippen molar-refractivity contribution in [2.45, 2.75) is 36.6 Å². The Bertz CT molecular complexity index is 1170. The Morgan fingerprint density at radius 3 is 2.35 bits per heavy atom. The van der Waals surface area contributed by atoms with E-state index in [1.165, 1.54) is 50.2 Å². The number of sulfonamides is 1. The van der Waals surface area contributed by atoms with Crippen LogP contribution < -0.4 is 5.32 Å². The first-order valence-electron chi connectivity index (χ1n) is 10.3. The number of carbonyl (C=O) groups is 1. The lowest BCUT2D eigenvalue weighted by atomic mass is 9.89. The number of aryl methyl sites for hydroxylation is 2. The summed E-state index contributed by atoms with van der Waals surface area (Å²) in [5.41, 5.74) is 4.28. The van der Waals surface area contributed by atoms with Crippen LogP contribution in [0.4, 0.5) is 0 Å². The van der Waals surface area contributed by atoms with Crippen LogP contribution in [0.5, 0.6) is 0 Å². The molecule has 1 aliphatic rings. The molecule has 0 saturated carbocycles. The Labute approximate surface area is 187 Å². The van der Waals surface area contributed by atoms with E-state index in [0.29, 0.717) is 5.56 Å². The van der Waals surface area contributed by atoms with Gasteiger partial charge < -0.3 is 5.32 Å². The fourth-order valence-electron chi connectivity index (χ4n) is 3.91. The zero-order chi connectivity index (χ0) is 22.0. The Hall–Kier alpha value is -2.48. The van der Waals surface area contributed by atoms with E-state index in [9.17, 15) is 13.2 Å². The Morgan fingerprint density at radius 1 is 1.00 bits per heavy atom. The van der Waals surface area contributed by atoms with E-state index in [1.807, 2.05) is 17.5 Å². The zero-order valence-electron chi connectivity index (χ0n) is 17.7. The van der Waals surface area contributed by atoms with Crippen molar-refractivity contribution in [3.63, 3.8) is 0 Å². The van der Waals surface area contributed by atoms with Gasteiger partial charge in [0.05, 0.1) is 10.9 Å². The molecule has 1 unspecified atom stereocenters. The summed E-state index contributed by atoms with van der Waals surface area (Å²) in [6.07, 6.45) is 4.63. The van der Waals surface area contributed by atoms with Gasteiger partial charge in [-0.25, -0.2) is 12.7 Å². The van der Waals surface area contributed by atoms with Crippen molar-refractivity contribution in [1.82, 2.24) is 9.62 Å². The number of hydrogen-bond acceptors (Lipinski definition) is 4. The second-order valence-electron chi connectivity index (χ2n) is 7.97. The molecule has 1 atom stereocenters. The summed E-state index contributed by atoms with van der Waals surface area (Å²) in [4.78, 5) is 14.3. The van der Waals surface area contributed by atoms with E-state index in [4.69, 9.17) is 0 Å². The summed E-state index contributed by atoms with van der Waals surface area (Å²) < 4.78 is 25.7. The Morgan fingerprint density at radius 2 is 1.71 bits per heavy atom. The molecule has 0 radical (unpaired) electrons. The minimum atomic E-state index is -3.53. The fourth-order valence-corrected chi connectivity index (χ4v) is 5.61. The van der Waals surface area contributed by atoms with Gasteiger partial charge in [0, 0.05) is 24.5 Å². The van der Waals surface area contributed by atoms with Crippen molar-refractivity contribution in [3.8, 4) is 0 Å². The third kappa shape index (κ3) is 4.59. The number of fused-ring (bicyclic) bond motifs is 1. The fraction of sp³-hybridized carbons (Fsp3) is 0.292. The van der Waals surface area contributed by atoms with E-state index >= 15 is 0 Å². The SMILES string of the molecule is CN(C)S(=O)(=O)c1ccc(C(=O)NC(c2ccc3c(c2)CCCC3)c2cccs2)cc1. The van der Waals surface area contributed by atoms with Gasteiger partial charge in [0.15, 0.2) is 0 Å². The first kappa shape index (κ1) is 21.7. The molecule has 1 heterocycles. The number of benzene rings is 2. The molecule has 1 amide bonds. The third-order valence-corrected chi connectivity index (χ3v) is 8.47. The summed E-state index contributed by atoms with van der Waals surface area (Å²) >= 11 is 1.61. The number of hydrogen-bond donors (Lipinski definition) is 1. The lowest BCUT2D eigenvalue weighted by Gasteiger charge is -2.22. The lowest BCUT2D eigenvalue weighted by Crippen LogP contribution is -2.29. The maximum Gasteiger partial charge on any atom is 0.252 e. The average molecular weight is 455 g/mol. The third-order valence-electron chi connectivity index (χ3n) is 5.70. The van der Waals surface area contributed by atoms with Gasteiger partial charge >= 0.3 is 0 Å². The minimum Gasteiger partial charge on any atom is -0.340 e. The molecule has 0 aliphatic heterocycles. The summed E-state index contributed by atoms with van der Waals surface area (Å²) in [5, 5.41) is 5.16. The molecule has 1 N–H and O–H groups in total. The number of carbonyl (C=O) groups excluding carboxylic acids is 1. The molecular formula is C24H26N2O3S2. The van der Waals surface area contributed by atoms with Crippen LogP contribution in [0.25, 0.3) is 0 Å². The van der Waals surface area contributed by atoms with Gasteiger partial charge in [0.25, 0.3) is 5.91 Å². The molecule has 0 bridgehead atoms. The van der Waals surface area contributed by atoms with Gasteiger partial charge in [-0.15, -0.1) is 11.3 Å². The van der Waals surface area contributed by atoms with Crippen molar-refractivity contribution < 1.29 is 13.2 Å². The molecule has 4 rings (SSSR count). The molecule has 0 saturated heterocycles. The zero-order valence-corrected chi connectivity index (χ0v) is 19.3. The Balaban J connectivity index is 1.60. The number of nitrogens with zero attached hydrogens (tertiary/aromatic N) is 1. The van der Waals surface area contributed by atoms with Gasteiger partial charge in [0.2, 0.25) is 10.0 Å². The number of thiophene rings is 1. The van der Waals surface area contributed by atoms with E-state index in [2.05, 4.69) is 23.5 Å². The van der Waals surface area contributed by atoms with Crippen LogP contribution in [0, 0.1) is 0 Å². The maximum atomic E-state index is 13.0. The molecular weight excluding hydrogens is 428 g/mol. The van der Waals surface area contributed by atoms with Crippen LogP contribution in [0.15, 0.2) is 64.9 Å². The second-order valence-corrected chi connectivity index (χ2v) is 11.1. The molecule has 7 heteroatoms. The summed E-state index contributed by atoms with van der Waals surface area (Å²) in [7, 11) is -0.554. The smallest absolute Gasteiger partial charge is 0.252 e. The molecule has 3 aromatic rings. The van der Waals surface area contributed by atoms with Crippen LogP contribution in [0.3, 0.4) is 0 Å². The van der Waals surface area contributed by atoms with Gasteiger partial charge in [-0.1, -0.05) is 24.3 Å². The van der Waals surface area contributed by atoms with Crippen molar-refractivity contribution in [3.05, 3.63) is 87.1 Å². The molecule has 0 spiro atoms. The highest BCUT2D eigenvalue weighted by atomic mass is 32.2. The monoisotopic (exact) mass is 454 g/mol. The highest BCUT2D eigenvalue weighted by molar-refractivity contribution is 7.89. The first-order chi connectivity index (χ1) is 14.9. The molecule has 31 heavy (non-hydrogen) atoms. The highest BCUT2D eigenvalue weighted by Gasteiger charge is 2.22. The molecule has 2 aromatic carbocycles. The number of nitrogens with one attached hydrogen (secondary N) is 1. The quantitative estimate of drug-likeness (QED) is 0.600. The molecule has 162 valence electrons. The summed E-state index contributed by atoms with van der Waals surface area (Å²) in [6.45, 7) is 0. The van der Waals surface area contributed by atoms with Gasteiger partial charge in [-0.05, 0) is 78.1 Å². The normalized spacial score (nSPS) is 14.8. The van der Waals surface area contributed by atoms with E-state index in [-0.39, 0.29) is 16.8 Å². The Kier molecular flexibility index (Phi) is 6.27. The molecule has 1 aromatic heterocycles. The molecule has 5 nitrogen and oxygen atoms in total. The van der Waals surface area contributed by atoms with E-state index < -0.39 is 10.0 Å². The largest absolute Gasteiger partial charge is 0.340 e. The van der Waals surface area contributed by atoms with Gasteiger partial charge in [-0.2, -0.15) is 0 Å². The topological polar surface area (TPSA) is 66.5 Å². The van der Waals surface area contributed by atoms with Crippen LogP contribution in [-0.4, -0.2) is 32.7 Å². The van der Waals surface area contributed by atoms with Gasteiger partial charge in [0.1, 0.15) is 0 Å². The second kappa shape index (κ2) is 8.94. The summed E-state index contributed by atoms with van der Waals surface area (Å²) in [5.74, 6) is -0.232. The number of amides is 1. The van der Waals surface area contributed by atoms with Crippen LogP contribution in [0.2, 0.25) is 0 Å². The van der Waals surface area contributed by atoms with Crippen molar-refractivity contribution in [2.75, 3.05) is 14.1 Å². The van der Waals surface area contributed by atoms with Crippen molar-refractivity contribution in [1.29, 1.82) is 0 Å². The van der Waals surface area contributed by atoms with Crippen molar-refractivity contribution >= 4 is 27.3 Å². The maximum absolute atomic E-state index is 13.0. The molecule has 1 aliphatic carbocycles. The van der Waals surface area contributed by atoms with Crippen molar-refractivity contribution in [2.24, 2.45) is 0 Å². The number of rotatable bonds is 6. The van der Waals surface area contributed by atoms with Crippen LogP contribution in [-0.2, 0) is 22.9 Å².